The Kier molecular flexibility index (Phi) is 4.99. The first-order valence-electron chi connectivity index (χ1n) is 6.27. The van der Waals surface area contributed by atoms with Crippen molar-refractivity contribution >= 4 is 17.1 Å². The van der Waals surface area contributed by atoms with E-state index in [4.69, 9.17) is 0 Å². The van der Waals surface area contributed by atoms with Crippen LogP contribution < -0.4 is 0 Å². The minimum absolute atomic E-state index is 0.263. The second-order valence-corrected chi connectivity index (χ2v) is 5.42. The Balaban J connectivity index is 2.17. The van der Waals surface area contributed by atoms with Gasteiger partial charge < -0.3 is 0 Å². The van der Waals surface area contributed by atoms with Crippen LogP contribution in [0.2, 0.25) is 0 Å². The van der Waals surface area contributed by atoms with Crippen molar-refractivity contribution in [3.05, 3.63) is 58.0 Å². The summed E-state index contributed by atoms with van der Waals surface area (Å²) in [6.07, 6.45) is -5.32. The SMILES string of the molecule is O=C(C[C@@H](C#Cc1ccc(F)cc1)C(F)(F)F)c1cccs1. The lowest BCUT2D eigenvalue weighted by Gasteiger charge is -2.13. The van der Waals surface area contributed by atoms with Gasteiger partial charge in [0.1, 0.15) is 11.7 Å². The fourth-order valence-corrected chi connectivity index (χ4v) is 2.35. The fraction of sp³-hybridized carbons (Fsp3) is 0.188. The lowest BCUT2D eigenvalue weighted by molar-refractivity contribution is -0.157. The Bertz CT molecular complexity index is 690. The maximum atomic E-state index is 13.0. The summed E-state index contributed by atoms with van der Waals surface area (Å²) < 4.78 is 51.7. The van der Waals surface area contributed by atoms with E-state index >= 15 is 0 Å². The molecule has 0 unspecified atom stereocenters. The van der Waals surface area contributed by atoms with E-state index in [2.05, 4.69) is 11.8 Å². The molecule has 1 heterocycles. The Hall–Kier alpha value is -2.13. The quantitative estimate of drug-likeness (QED) is 0.454. The lowest BCUT2D eigenvalue weighted by Crippen LogP contribution is -2.24. The molecule has 0 saturated heterocycles. The Morgan fingerprint density at radius 2 is 1.86 bits per heavy atom. The molecule has 114 valence electrons. The third kappa shape index (κ3) is 4.43. The number of benzene rings is 1. The fourth-order valence-electron chi connectivity index (χ4n) is 1.68. The summed E-state index contributed by atoms with van der Waals surface area (Å²) in [5, 5.41) is 1.63. The highest BCUT2D eigenvalue weighted by atomic mass is 32.1. The van der Waals surface area contributed by atoms with Gasteiger partial charge in [0.05, 0.1) is 4.88 Å². The molecule has 1 aromatic heterocycles. The molecule has 0 aliphatic carbocycles. The molecule has 0 aliphatic rings. The van der Waals surface area contributed by atoms with Crippen LogP contribution in [0.25, 0.3) is 0 Å². The van der Waals surface area contributed by atoms with Crippen LogP contribution >= 0.6 is 11.3 Å². The number of carbonyl (C=O) groups is 1. The number of hydrogen-bond acceptors (Lipinski definition) is 2. The van der Waals surface area contributed by atoms with E-state index in [1.165, 1.54) is 18.2 Å². The molecule has 2 rings (SSSR count). The molecule has 0 spiro atoms. The highest BCUT2D eigenvalue weighted by Gasteiger charge is 2.40. The summed E-state index contributed by atoms with van der Waals surface area (Å²) in [6.45, 7) is 0. The molecular formula is C16H10F4OS. The normalized spacial score (nSPS) is 12.4. The number of Topliss-reactive ketones (excluding diaryl/α,β-unsaturated/α-hetero) is 1. The average molecular weight is 326 g/mol. The first kappa shape index (κ1) is 16.2. The van der Waals surface area contributed by atoms with Crippen LogP contribution in [-0.4, -0.2) is 12.0 Å². The largest absolute Gasteiger partial charge is 0.402 e. The highest BCUT2D eigenvalue weighted by Crippen LogP contribution is 2.30. The smallest absolute Gasteiger partial charge is 0.293 e. The summed E-state index contributed by atoms with van der Waals surface area (Å²) in [5.74, 6) is 1.28. The maximum absolute atomic E-state index is 13.0. The van der Waals surface area contributed by atoms with Gasteiger partial charge in [-0.15, -0.1) is 11.3 Å². The molecule has 0 bridgehead atoms. The molecule has 1 aromatic carbocycles. The molecule has 0 N–H and O–H groups in total. The molecular weight excluding hydrogens is 316 g/mol. The number of hydrogen-bond donors (Lipinski definition) is 0. The molecule has 1 atom stereocenters. The predicted octanol–water partition coefficient (Wildman–Crippen LogP) is 4.69. The third-order valence-corrected chi connectivity index (χ3v) is 3.73. The Morgan fingerprint density at radius 1 is 1.18 bits per heavy atom. The summed E-state index contributed by atoms with van der Waals surface area (Å²) in [7, 11) is 0. The minimum Gasteiger partial charge on any atom is -0.293 e. The van der Waals surface area contributed by atoms with Gasteiger partial charge in [0.25, 0.3) is 0 Å². The van der Waals surface area contributed by atoms with Crippen molar-refractivity contribution in [2.45, 2.75) is 12.6 Å². The number of halogens is 4. The van der Waals surface area contributed by atoms with Gasteiger partial charge in [-0.2, -0.15) is 13.2 Å². The van der Waals surface area contributed by atoms with E-state index in [-0.39, 0.29) is 10.4 Å². The van der Waals surface area contributed by atoms with Crippen molar-refractivity contribution in [1.29, 1.82) is 0 Å². The van der Waals surface area contributed by atoms with E-state index < -0.39 is 30.1 Å². The van der Waals surface area contributed by atoms with Crippen LogP contribution in [0.1, 0.15) is 21.7 Å². The van der Waals surface area contributed by atoms with Crippen LogP contribution in [0.4, 0.5) is 17.6 Å². The number of rotatable bonds is 3. The summed E-state index contributed by atoms with van der Waals surface area (Å²) >= 11 is 1.09. The molecule has 1 nitrogen and oxygen atoms in total. The van der Waals surface area contributed by atoms with Gasteiger partial charge in [-0.25, -0.2) is 4.39 Å². The number of alkyl halides is 3. The Labute approximate surface area is 128 Å². The molecule has 6 heteroatoms. The molecule has 0 saturated carbocycles. The van der Waals surface area contributed by atoms with E-state index in [9.17, 15) is 22.4 Å². The van der Waals surface area contributed by atoms with E-state index in [1.54, 1.807) is 11.4 Å². The van der Waals surface area contributed by atoms with Gasteiger partial charge in [0.2, 0.25) is 0 Å². The average Bonchev–Trinajstić information content (AvgIpc) is 2.98. The second kappa shape index (κ2) is 6.75. The maximum Gasteiger partial charge on any atom is 0.402 e. The molecule has 0 aliphatic heterocycles. The second-order valence-electron chi connectivity index (χ2n) is 4.48. The van der Waals surface area contributed by atoms with Crippen molar-refractivity contribution in [2.75, 3.05) is 0 Å². The zero-order chi connectivity index (χ0) is 16.2. The zero-order valence-electron chi connectivity index (χ0n) is 11.2. The summed E-state index contributed by atoms with van der Waals surface area (Å²) in [5.41, 5.74) is 0.263. The first-order chi connectivity index (χ1) is 10.4. The van der Waals surface area contributed by atoms with Crippen molar-refractivity contribution in [2.24, 2.45) is 5.92 Å². The number of thiophene rings is 1. The van der Waals surface area contributed by atoms with Crippen molar-refractivity contribution in [3.63, 3.8) is 0 Å². The van der Waals surface area contributed by atoms with Crippen LogP contribution in [0.5, 0.6) is 0 Å². The molecule has 0 amide bonds. The summed E-state index contributed by atoms with van der Waals surface area (Å²) in [6, 6.07) is 7.89. The van der Waals surface area contributed by atoms with E-state index in [0.717, 1.165) is 23.5 Å². The zero-order valence-corrected chi connectivity index (χ0v) is 12.0. The van der Waals surface area contributed by atoms with Gasteiger partial charge in [0, 0.05) is 12.0 Å². The lowest BCUT2D eigenvalue weighted by atomic mass is 10.0. The monoisotopic (exact) mass is 326 g/mol. The molecule has 22 heavy (non-hydrogen) atoms. The predicted molar refractivity (Wildman–Crippen MR) is 76.1 cm³/mol. The van der Waals surface area contributed by atoms with Crippen molar-refractivity contribution in [1.82, 2.24) is 0 Å². The molecule has 0 fully saturated rings. The third-order valence-electron chi connectivity index (χ3n) is 2.82. The van der Waals surface area contributed by atoms with Crippen LogP contribution in [0.3, 0.4) is 0 Å². The molecule has 0 radical (unpaired) electrons. The topological polar surface area (TPSA) is 17.1 Å². The number of ketones is 1. The van der Waals surface area contributed by atoms with Crippen LogP contribution in [-0.2, 0) is 0 Å². The van der Waals surface area contributed by atoms with Gasteiger partial charge in [0.15, 0.2) is 5.78 Å². The van der Waals surface area contributed by atoms with Gasteiger partial charge >= 0.3 is 6.18 Å². The first-order valence-corrected chi connectivity index (χ1v) is 7.15. The number of carbonyl (C=O) groups excluding carboxylic acids is 1. The molecule has 2 aromatic rings. The Morgan fingerprint density at radius 3 is 2.41 bits per heavy atom. The van der Waals surface area contributed by atoms with E-state index in [1.807, 2.05) is 0 Å². The van der Waals surface area contributed by atoms with Gasteiger partial charge in [-0.05, 0) is 35.7 Å². The minimum atomic E-state index is -4.60. The highest BCUT2D eigenvalue weighted by molar-refractivity contribution is 7.12. The van der Waals surface area contributed by atoms with Gasteiger partial charge in [-0.3, -0.25) is 4.79 Å². The van der Waals surface area contributed by atoms with Crippen molar-refractivity contribution in [3.8, 4) is 11.8 Å². The van der Waals surface area contributed by atoms with Gasteiger partial charge in [-0.1, -0.05) is 17.9 Å². The summed E-state index contributed by atoms with van der Waals surface area (Å²) in [4.78, 5) is 12.1. The van der Waals surface area contributed by atoms with Crippen molar-refractivity contribution < 1.29 is 22.4 Å². The van der Waals surface area contributed by atoms with Crippen LogP contribution in [0.15, 0.2) is 41.8 Å². The van der Waals surface area contributed by atoms with E-state index in [0.29, 0.717) is 0 Å². The standard InChI is InChI=1S/C16H10F4OS/c17-13-7-4-11(5-8-13)3-6-12(16(18,19)20)10-14(21)15-2-1-9-22-15/h1-2,4-5,7-9,12H,10H2/t12-/m1/s1. The van der Waals surface area contributed by atoms with Crippen LogP contribution in [0, 0.1) is 23.6 Å².